The molecule has 0 saturated heterocycles. The maximum atomic E-state index is 12.4. The van der Waals surface area contributed by atoms with Crippen LogP contribution < -0.4 is 0 Å². The number of carboxylic acids is 1. The lowest BCUT2D eigenvalue weighted by Crippen LogP contribution is -2.50. The van der Waals surface area contributed by atoms with Gasteiger partial charge in [-0.05, 0) is 26.2 Å². The summed E-state index contributed by atoms with van der Waals surface area (Å²) in [5.41, 5.74) is 0. The number of hydrogen-bond donors (Lipinski definition) is 1. The summed E-state index contributed by atoms with van der Waals surface area (Å²) in [6.07, 6.45) is 4.43. The Morgan fingerprint density at radius 3 is 2.50 bits per heavy atom. The molecule has 5 heteroatoms. The molecule has 0 radical (unpaired) electrons. The number of urea groups is 1. The van der Waals surface area contributed by atoms with Gasteiger partial charge in [-0.2, -0.15) is 0 Å². The Hall–Kier alpha value is -1.52. The van der Waals surface area contributed by atoms with Gasteiger partial charge in [0.15, 0.2) is 0 Å². The molecule has 0 aromatic heterocycles. The SMILES string of the molecule is C=CCN(C(=O)N(CC(=O)O)C(C)CC)C1CC1. The van der Waals surface area contributed by atoms with Crippen molar-refractivity contribution >= 4 is 12.0 Å². The minimum atomic E-state index is -0.974. The predicted molar refractivity (Wildman–Crippen MR) is 69.4 cm³/mol. The fourth-order valence-electron chi connectivity index (χ4n) is 1.85. The van der Waals surface area contributed by atoms with Crippen LogP contribution in [0.2, 0.25) is 0 Å². The Balaban J connectivity index is 2.77. The van der Waals surface area contributed by atoms with E-state index in [1.165, 1.54) is 4.90 Å². The number of carboxylic acid groups (broad SMARTS) is 1. The molecule has 1 aliphatic rings. The van der Waals surface area contributed by atoms with E-state index in [9.17, 15) is 9.59 Å². The second kappa shape index (κ2) is 6.42. The lowest BCUT2D eigenvalue weighted by Gasteiger charge is -2.33. The smallest absolute Gasteiger partial charge is 0.323 e. The molecule has 102 valence electrons. The monoisotopic (exact) mass is 254 g/mol. The van der Waals surface area contributed by atoms with Gasteiger partial charge < -0.3 is 14.9 Å². The molecular weight excluding hydrogens is 232 g/mol. The molecule has 1 N–H and O–H groups in total. The van der Waals surface area contributed by atoms with Crippen molar-refractivity contribution in [3.63, 3.8) is 0 Å². The summed E-state index contributed by atoms with van der Waals surface area (Å²) in [6, 6.07) is 0.00432. The maximum Gasteiger partial charge on any atom is 0.323 e. The van der Waals surface area contributed by atoms with Crippen LogP contribution in [0.3, 0.4) is 0 Å². The van der Waals surface area contributed by atoms with Crippen molar-refractivity contribution in [2.75, 3.05) is 13.1 Å². The average molecular weight is 254 g/mol. The van der Waals surface area contributed by atoms with Crippen molar-refractivity contribution in [3.8, 4) is 0 Å². The lowest BCUT2D eigenvalue weighted by atomic mass is 10.2. The van der Waals surface area contributed by atoms with Crippen molar-refractivity contribution in [1.29, 1.82) is 0 Å². The van der Waals surface area contributed by atoms with Crippen LogP contribution in [0, 0.1) is 0 Å². The van der Waals surface area contributed by atoms with Gasteiger partial charge in [0.2, 0.25) is 0 Å². The molecule has 1 fully saturated rings. The van der Waals surface area contributed by atoms with Crippen LogP contribution in [-0.4, -0.2) is 52.1 Å². The first-order valence-corrected chi connectivity index (χ1v) is 6.41. The van der Waals surface area contributed by atoms with E-state index in [1.807, 2.05) is 13.8 Å². The van der Waals surface area contributed by atoms with E-state index in [0.29, 0.717) is 6.54 Å². The van der Waals surface area contributed by atoms with Crippen molar-refractivity contribution in [2.45, 2.75) is 45.2 Å². The lowest BCUT2D eigenvalue weighted by molar-refractivity contribution is -0.138. The zero-order chi connectivity index (χ0) is 13.7. The Kier molecular flexibility index (Phi) is 5.19. The minimum absolute atomic E-state index is 0.0698. The van der Waals surface area contributed by atoms with Crippen molar-refractivity contribution in [1.82, 2.24) is 9.80 Å². The van der Waals surface area contributed by atoms with Gasteiger partial charge in [-0.3, -0.25) is 4.79 Å². The van der Waals surface area contributed by atoms with Gasteiger partial charge in [-0.15, -0.1) is 6.58 Å². The zero-order valence-corrected chi connectivity index (χ0v) is 11.1. The molecular formula is C13H22N2O3. The molecule has 1 saturated carbocycles. The molecule has 0 aliphatic heterocycles. The van der Waals surface area contributed by atoms with Crippen LogP contribution in [0.4, 0.5) is 4.79 Å². The van der Waals surface area contributed by atoms with Crippen molar-refractivity contribution in [2.24, 2.45) is 0 Å². The third-order valence-corrected chi connectivity index (χ3v) is 3.23. The highest BCUT2D eigenvalue weighted by molar-refractivity contribution is 5.81. The van der Waals surface area contributed by atoms with Crippen LogP contribution in [0.5, 0.6) is 0 Å². The number of aliphatic carboxylic acids is 1. The highest BCUT2D eigenvalue weighted by Gasteiger charge is 2.35. The number of amides is 2. The van der Waals surface area contributed by atoms with Gasteiger partial charge in [0.1, 0.15) is 6.54 Å². The second-order valence-corrected chi connectivity index (χ2v) is 4.73. The van der Waals surface area contributed by atoms with Crippen LogP contribution in [0.25, 0.3) is 0 Å². The molecule has 1 aliphatic carbocycles. The molecule has 0 aromatic rings. The summed E-state index contributed by atoms with van der Waals surface area (Å²) in [5, 5.41) is 8.91. The van der Waals surface area contributed by atoms with Crippen LogP contribution in [0.15, 0.2) is 12.7 Å². The van der Waals surface area contributed by atoms with Crippen molar-refractivity contribution in [3.05, 3.63) is 12.7 Å². The Morgan fingerprint density at radius 2 is 2.11 bits per heavy atom. The summed E-state index contributed by atoms with van der Waals surface area (Å²) >= 11 is 0. The number of hydrogen-bond acceptors (Lipinski definition) is 2. The van der Waals surface area contributed by atoms with E-state index in [0.717, 1.165) is 19.3 Å². The van der Waals surface area contributed by atoms with E-state index in [-0.39, 0.29) is 24.7 Å². The summed E-state index contributed by atoms with van der Waals surface area (Å²) in [4.78, 5) is 26.4. The van der Waals surface area contributed by atoms with E-state index < -0.39 is 5.97 Å². The fourth-order valence-corrected chi connectivity index (χ4v) is 1.85. The van der Waals surface area contributed by atoms with Crippen LogP contribution in [0.1, 0.15) is 33.1 Å². The number of rotatable bonds is 7. The third-order valence-electron chi connectivity index (χ3n) is 3.23. The van der Waals surface area contributed by atoms with E-state index in [2.05, 4.69) is 6.58 Å². The van der Waals surface area contributed by atoms with E-state index in [4.69, 9.17) is 5.11 Å². The van der Waals surface area contributed by atoms with Gasteiger partial charge in [-0.1, -0.05) is 13.0 Å². The zero-order valence-electron chi connectivity index (χ0n) is 11.1. The summed E-state index contributed by atoms with van der Waals surface area (Å²) in [7, 11) is 0. The molecule has 0 bridgehead atoms. The van der Waals surface area contributed by atoms with Gasteiger partial charge in [0, 0.05) is 18.6 Å². The first-order chi connectivity index (χ1) is 8.51. The highest BCUT2D eigenvalue weighted by Crippen LogP contribution is 2.28. The number of carbonyl (C=O) groups excluding carboxylic acids is 1. The number of carbonyl (C=O) groups is 2. The molecule has 1 atom stereocenters. The topological polar surface area (TPSA) is 60.9 Å². The molecule has 0 aromatic carbocycles. The largest absolute Gasteiger partial charge is 0.480 e. The van der Waals surface area contributed by atoms with Crippen molar-refractivity contribution < 1.29 is 14.7 Å². The van der Waals surface area contributed by atoms with E-state index in [1.54, 1.807) is 11.0 Å². The molecule has 5 nitrogen and oxygen atoms in total. The standard InChI is InChI=1S/C13H22N2O3/c1-4-8-14(11-6-7-11)13(18)15(9-12(16)17)10(3)5-2/h4,10-11H,1,5-9H2,2-3H3,(H,16,17). The van der Waals surface area contributed by atoms with Gasteiger partial charge >= 0.3 is 12.0 Å². The fraction of sp³-hybridized carbons (Fsp3) is 0.692. The van der Waals surface area contributed by atoms with Crippen LogP contribution in [-0.2, 0) is 4.79 Å². The Labute approximate surface area is 108 Å². The van der Waals surface area contributed by atoms with E-state index >= 15 is 0 Å². The predicted octanol–water partition coefficient (Wildman–Crippen LogP) is 1.94. The molecule has 1 rings (SSSR count). The normalized spacial score (nSPS) is 15.9. The third kappa shape index (κ3) is 3.75. The quantitative estimate of drug-likeness (QED) is 0.706. The Morgan fingerprint density at radius 1 is 1.50 bits per heavy atom. The maximum absolute atomic E-state index is 12.4. The first kappa shape index (κ1) is 14.5. The minimum Gasteiger partial charge on any atom is -0.480 e. The highest BCUT2D eigenvalue weighted by atomic mass is 16.4. The Bertz CT molecular complexity index is 326. The van der Waals surface area contributed by atoms with Gasteiger partial charge in [0.25, 0.3) is 0 Å². The average Bonchev–Trinajstić information content (AvgIpc) is 3.15. The summed E-state index contributed by atoms with van der Waals surface area (Å²) in [6.45, 7) is 7.71. The summed E-state index contributed by atoms with van der Waals surface area (Å²) in [5.74, 6) is -0.974. The number of nitrogens with zero attached hydrogens (tertiary/aromatic N) is 2. The molecule has 2 amide bonds. The molecule has 1 unspecified atom stereocenters. The molecule has 0 heterocycles. The molecule has 18 heavy (non-hydrogen) atoms. The molecule has 0 spiro atoms. The van der Waals surface area contributed by atoms with Crippen LogP contribution >= 0.6 is 0 Å². The van der Waals surface area contributed by atoms with Gasteiger partial charge in [0.05, 0.1) is 0 Å². The van der Waals surface area contributed by atoms with Gasteiger partial charge in [-0.25, -0.2) is 4.79 Å². The second-order valence-electron chi connectivity index (χ2n) is 4.73. The summed E-state index contributed by atoms with van der Waals surface area (Å²) < 4.78 is 0. The first-order valence-electron chi connectivity index (χ1n) is 6.41.